The van der Waals surface area contributed by atoms with Crippen LogP contribution in [0.25, 0.3) is 0 Å². The number of nitrogens with zero attached hydrogens (tertiary/aromatic N) is 3. The molecule has 0 bridgehead atoms. The molecule has 80 valence electrons. The molecule has 2 N–H and O–H groups in total. The van der Waals surface area contributed by atoms with Crippen LogP contribution in [-0.2, 0) is 11.3 Å². The molecule has 1 aromatic heterocycles. The van der Waals surface area contributed by atoms with Crippen molar-refractivity contribution in [2.24, 2.45) is 5.73 Å². The second-order valence-electron chi connectivity index (χ2n) is 3.25. The van der Waals surface area contributed by atoms with Gasteiger partial charge in [0.25, 0.3) is 0 Å². The van der Waals surface area contributed by atoms with Crippen LogP contribution in [0.4, 0.5) is 0 Å². The molecule has 0 amide bonds. The van der Waals surface area contributed by atoms with Gasteiger partial charge in [-0.05, 0) is 20.3 Å². The third-order valence-electron chi connectivity index (χ3n) is 1.90. The third kappa shape index (κ3) is 3.43. The van der Waals surface area contributed by atoms with Gasteiger partial charge in [-0.3, -0.25) is 4.68 Å². The molecule has 0 spiro atoms. The molecule has 0 aliphatic rings. The summed E-state index contributed by atoms with van der Waals surface area (Å²) in [6.45, 7) is 6.25. The van der Waals surface area contributed by atoms with E-state index in [1.165, 1.54) is 0 Å². The van der Waals surface area contributed by atoms with Crippen LogP contribution in [0.1, 0.15) is 32.0 Å². The van der Waals surface area contributed by atoms with E-state index in [9.17, 15) is 0 Å². The summed E-state index contributed by atoms with van der Waals surface area (Å²) in [4.78, 5) is 0. The molecule has 0 fully saturated rings. The summed E-state index contributed by atoms with van der Waals surface area (Å²) < 4.78 is 7.03. The highest BCUT2D eigenvalue weighted by Crippen LogP contribution is 2.03. The Bertz CT molecular complexity index is 259. The van der Waals surface area contributed by atoms with Crippen LogP contribution in [0.3, 0.4) is 0 Å². The van der Waals surface area contributed by atoms with Crippen molar-refractivity contribution in [1.29, 1.82) is 0 Å². The molecular formula is C9H18N4O. The maximum Gasteiger partial charge on any atom is 0.0991 e. The van der Waals surface area contributed by atoms with Crippen LogP contribution in [-0.4, -0.2) is 28.2 Å². The molecule has 0 aliphatic carbocycles. The summed E-state index contributed by atoms with van der Waals surface area (Å²) in [6.07, 6.45) is 2.84. The van der Waals surface area contributed by atoms with Crippen molar-refractivity contribution < 1.29 is 4.74 Å². The van der Waals surface area contributed by atoms with Gasteiger partial charge in [0.15, 0.2) is 0 Å². The van der Waals surface area contributed by atoms with Gasteiger partial charge in [-0.1, -0.05) is 5.21 Å². The van der Waals surface area contributed by atoms with Gasteiger partial charge in [0.2, 0.25) is 0 Å². The second-order valence-corrected chi connectivity index (χ2v) is 3.25. The smallest absolute Gasteiger partial charge is 0.0991 e. The van der Waals surface area contributed by atoms with Crippen molar-refractivity contribution in [3.63, 3.8) is 0 Å². The third-order valence-corrected chi connectivity index (χ3v) is 1.90. The number of hydrogen-bond donors (Lipinski definition) is 1. The largest absolute Gasteiger partial charge is 0.382 e. The molecule has 0 saturated heterocycles. The Kier molecular flexibility index (Phi) is 4.55. The number of hydrogen-bond acceptors (Lipinski definition) is 4. The minimum atomic E-state index is -0.0457. The zero-order valence-electron chi connectivity index (χ0n) is 8.81. The molecule has 0 aliphatic heterocycles. The molecule has 1 heterocycles. The van der Waals surface area contributed by atoms with E-state index < -0.39 is 0 Å². The van der Waals surface area contributed by atoms with Crippen molar-refractivity contribution in [2.45, 2.75) is 32.9 Å². The minimum absolute atomic E-state index is 0.0457. The van der Waals surface area contributed by atoms with Gasteiger partial charge in [-0.15, -0.1) is 5.10 Å². The van der Waals surface area contributed by atoms with Crippen molar-refractivity contribution in [1.82, 2.24) is 15.0 Å². The Balaban J connectivity index is 2.29. The molecule has 0 saturated carbocycles. The molecule has 1 atom stereocenters. The lowest BCUT2D eigenvalue weighted by Gasteiger charge is -2.00. The van der Waals surface area contributed by atoms with Crippen LogP contribution in [0.2, 0.25) is 0 Å². The van der Waals surface area contributed by atoms with Crippen molar-refractivity contribution >= 4 is 0 Å². The van der Waals surface area contributed by atoms with Gasteiger partial charge < -0.3 is 10.5 Å². The predicted molar refractivity (Wildman–Crippen MR) is 53.7 cm³/mol. The summed E-state index contributed by atoms with van der Waals surface area (Å²) in [5.41, 5.74) is 6.50. The Hall–Kier alpha value is -0.940. The average molecular weight is 198 g/mol. The summed E-state index contributed by atoms with van der Waals surface area (Å²) >= 11 is 0. The number of aryl methyl sites for hydroxylation is 1. The van der Waals surface area contributed by atoms with Gasteiger partial charge in [-0.25, -0.2) is 0 Å². The molecule has 14 heavy (non-hydrogen) atoms. The zero-order valence-corrected chi connectivity index (χ0v) is 8.81. The molecule has 1 unspecified atom stereocenters. The van der Waals surface area contributed by atoms with Crippen LogP contribution in [0.5, 0.6) is 0 Å². The molecule has 5 nitrogen and oxygen atoms in total. The predicted octanol–water partition coefficient (Wildman–Crippen LogP) is 0.724. The van der Waals surface area contributed by atoms with E-state index in [1.54, 1.807) is 4.68 Å². The highest BCUT2D eigenvalue weighted by atomic mass is 16.5. The topological polar surface area (TPSA) is 66.0 Å². The quantitative estimate of drug-likeness (QED) is 0.684. The van der Waals surface area contributed by atoms with Crippen molar-refractivity contribution in [3.05, 3.63) is 11.9 Å². The maximum atomic E-state index is 5.66. The first kappa shape index (κ1) is 11.1. The highest BCUT2D eigenvalue weighted by Gasteiger charge is 2.04. The number of aromatic nitrogens is 3. The first-order valence-electron chi connectivity index (χ1n) is 4.97. The highest BCUT2D eigenvalue weighted by molar-refractivity contribution is 4.97. The summed E-state index contributed by atoms with van der Waals surface area (Å²) in [5.74, 6) is 0. The molecule has 0 radical (unpaired) electrons. The lowest BCUT2D eigenvalue weighted by Crippen LogP contribution is -2.05. The fourth-order valence-electron chi connectivity index (χ4n) is 1.10. The normalized spacial score (nSPS) is 13.1. The molecule has 1 rings (SSSR count). The monoisotopic (exact) mass is 198 g/mol. The Labute approximate surface area is 84.2 Å². The van der Waals surface area contributed by atoms with Crippen LogP contribution >= 0.6 is 0 Å². The van der Waals surface area contributed by atoms with Gasteiger partial charge in [-0.2, -0.15) is 0 Å². The van der Waals surface area contributed by atoms with E-state index >= 15 is 0 Å². The van der Waals surface area contributed by atoms with E-state index in [-0.39, 0.29) is 6.04 Å². The van der Waals surface area contributed by atoms with Gasteiger partial charge in [0.1, 0.15) is 0 Å². The fraction of sp³-hybridized carbons (Fsp3) is 0.778. The van der Waals surface area contributed by atoms with Crippen molar-refractivity contribution in [3.8, 4) is 0 Å². The van der Waals surface area contributed by atoms with Crippen LogP contribution in [0, 0.1) is 0 Å². The number of nitrogens with two attached hydrogens (primary N) is 1. The summed E-state index contributed by atoms with van der Waals surface area (Å²) in [7, 11) is 0. The van der Waals surface area contributed by atoms with Crippen molar-refractivity contribution in [2.75, 3.05) is 13.2 Å². The lowest BCUT2D eigenvalue weighted by molar-refractivity contribution is 0.140. The van der Waals surface area contributed by atoms with E-state index in [0.717, 1.165) is 31.9 Å². The fourth-order valence-corrected chi connectivity index (χ4v) is 1.10. The van der Waals surface area contributed by atoms with Crippen LogP contribution in [0.15, 0.2) is 6.20 Å². The first-order valence-corrected chi connectivity index (χ1v) is 4.97. The van der Waals surface area contributed by atoms with E-state index in [4.69, 9.17) is 10.5 Å². The average Bonchev–Trinajstić information content (AvgIpc) is 2.61. The van der Waals surface area contributed by atoms with Gasteiger partial charge in [0, 0.05) is 25.8 Å². The Morgan fingerprint density at radius 2 is 2.43 bits per heavy atom. The van der Waals surface area contributed by atoms with Crippen LogP contribution < -0.4 is 5.73 Å². The number of ether oxygens (including phenoxy) is 1. The van der Waals surface area contributed by atoms with E-state index in [1.807, 2.05) is 20.0 Å². The summed E-state index contributed by atoms with van der Waals surface area (Å²) in [5, 5.41) is 7.93. The number of rotatable bonds is 6. The van der Waals surface area contributed by atoms with E-state index in [0.29, 0.717) is 0 Å². The molecule has 0 aromatic carbocycles. The van der Waals surface area contributed by atoms with Gasteiger partial charge >= 0.3 is 0 Å². The van der Waals surface area contributed by atoms with E-state index in [2.05, 4.69) is 10.3 Å². The second kappa shape index (κ2) is 5.72. The molecular weight excluding hydrogens is 180 g/mol. The molecule has 1 aromatic rings. The zero-order chi connectivity index (χ0) is 10.4. The minimum Gasteiger partial charge on any atom is -0.382 e. The molecule has 5 heteroatoms. The lowest BCUT2D eigenvalue weighted by atomic mass is 10.3. The maximum absolute atomic E-state index is 5.66. The standard InChI is InChI=1S/C9H18N4O/c1-3-14-6-4-5-13-7-9(8(2)10)11-12-13/h7-8H,3-6,10H2,1-2H3. The Morgan fingerprint density at radius 1 is 1.64 bits per heavy atom. The summed E-state index contributed by atoms with van der Waals surface area (Å²) in [6, 6.07) is -0.0457. The first-order chi connectivity index (χ1) is 6.74. The van der Waals surface area contributed by atoms with Gasteiger partial charge in [0.05, 0.1) is 11.9 Å². The Morgan fingerprint density at radius 3 is 3.00 bits per heavy atom. The SMILES string of the molecule is CCOCCCn1cc(C(C)N)nn1.